The van der Waals surface area contributed by atoms with Gasteiger partial charge in [-0.3, -0.25) is 0 Å². The van der Waals surface area contributed by atoms with Crippen LogP contribution in [-0.4, -0.2) is 24.9 Å². The number of aromatic nitrogens is 1. The monoisotopic (exact) mass is 296 g/mol. The normalized spacial score (nSPS) is 11.0. The molecule has 0 saturated carbocycles. The number of nitrogens with zero attached hydrogens (tertiary/aromatic N) is 1. The molecule has 2 aromatic carbocycles. The lowest BCUT2D eigenvalue weighted by atomic mass is 10.1. The molecule has 22 heavy (non-hydrogen) atoms. The van der Waals surface area contributed by atoms with Crippen LogP contribution >= 0.6 is 0 Å². The van der Waals surface area contributed by atoms with Crippen LogP contribution in [0.25, 0.3) is 22.2 Å². The first kappa shape index (κ1) is 14.5. The van der Waals surface area contributed by atoms with E-state index in [1.165, 1.54) is 0 Å². The largest absolute Gasteiger partial charge is 0.491 e. The zero-order valence-corrected chi connectivity index (χ0v) is 12.9. The van der Waals surface area contributed by atoms with Gasteiger partial charge in [-0.25, -0.2) is 0 Å². The van der Waals surface area contributed by atoms with Gasteiger partial charge in [0.05, 0.1) is 6.61 Å². The van der Waals surface area contributed by atoms with Gasteiger partial charge in [-0.2, -0.15) is 0 Å². The maximum atomic E-state index is 5.87. The van der Waals surface area contributed by atoms with Crippen molar-refractivity contribution < 1.29 is 9.47 Å². The Hall–Kier alpha value is -2.46. The summed E-state index contributed by atoms with van der Waals surface area (Å²) in [5, 5.41) is 1.14. The Morgan fingerprint density at radius 3 is 2.73 bits per heavy atom. The molecule has 1 aromatic heterocycles. The lowest BCUT2D eigenvalue weighted by molar-refractivity contribution is 0.146. The highest BCUT2D eigenvalue weighted by Gasteiger charge is 2.09. The van der Waals surface area contributed by atoms with Gasteiger partial charge in [0, 0.05) is 42.0 Å². The minimum atomic E-state index is 0.547. The predicted molar refractivity (Wildman–Crippen MR) is 90.1 cm³/mol. The molecule has 0 atom stereocenters. The summed E-state index contributed by atoms with van der Waals surface area (Å²) in [4.78, 5) is 0. The highest BCUT2D eigenvalue weighted by molar-refractivity contribution is 5.89. The number of rotatable bonds is 5. The molecular weight excluding hydrogens is 276 g/mol. The summed E-state index contributed by atoms with van der Waals surface area (Å²) in [5.41, 5.74) is 10.1. The molecule has 0 radical (unpaired) electrons. The number of nitrogen functional groups attached to an aromatic ring is 1. The Labute approximate surface area is 130 Å². The first-order valence-electron chi connectivity index (χ1n) is 7.26. The molecule has 0 bridgehead atoms. The van der Waals surface area contributed by atoms with E-state index in [2.05, 4.69) is 23.7 Å². The van der Waals surface area contributed by atoms with Gasteiger partial charge in [0.1, 0.15) is 12.4 Å². The number of aryl methyl sites for hydroxylation is 1. The molecule has 0 unspecified atom stereocenters. The molecule has 0 aliphatic rings. The third-order valence-corrected chi connectivity index (χ3v) is 3.75. The van der Waals surface area contributed by atoms with E-state index in [0.717, 1.165) is 33.6 Å². The molecule has 4 nitrogen and oxygen atoms in total. The summed E-state index contributed by atoms with van der Waals surface area (Å²) in [6.07, 6.45) is 0. The summed E-state index contributed by atoms with van der Waals surface area (Å²) in [7, 11) is 3.73. The van der Waals surface area contributed by atoms with Gasteiger partial charge in [-0.05, 0) is 36.4 Å². The molecule has 0 amide bonds. The van der Waals surface area contributed by atoms with Gasteiger partial charge in [-0.1, -0.05) is 12.1 Å². The van der Waals surface area contributed by atoms with E-state index < -0.39 is 0 Å². The average molecular weight is 296 g/mol. The van der Waals surface area contributed by atoms with E-state index >= 15 is 0 Å². The molecule has 0 spiro atoms. The third kappa shape index (κ3) is 2.78. The number of hydrogen-bond donors (Lipinski definition) is 1. The summed E-state index contributed by atoms with van der Waals surface area (Å²) < 4.78 is 12.9. The van der Waals surface area contributed by atoms with Crippen molar-refractivity contribution in [1.29, 1.82) is 0 Å². The highest BCUT2D eigenvalue weighted by Crippen LogP contribution is 2.30. The average Bonchev–Trinajstić information content (AvgIpc) is 2.84. The van der Waals surface area contributed by atoms with Crippen molar-refractivity contribution in [2.24, 2.45) is 7.05 Å². The van der Waals surface area contributed by atoms with Crippen LogP contribution in [0.5, 0.6) is 5.75 Å². The van der Waals surface area contributed by atoms with Crippen molar-refractivity contribution in [3.63, 3.8) is 0 Å². The third-order valence-electron chi connectivity index (χ3n) is 3.75. The van der Waals surface area contributed by atoms with E-state index in [-0.39, 0.29) is 0 Å². The van der Waals surface area contributed by atoms with Gasteiger partial charge in [0.2, 0.25) is 0 Å². The second-order valence-electron chi connectivity index (χ2n) is 5.28. The highest BCUT2D eigenvalue weighted by atomic mass is 16.5. The van der Waals surface area contributed by atoms with Crippen LogP contribution in [0, 0.1) is 0 Å². The molecule has 1 heterocycles. The number of fused-ring (bicyclic) bond motifs is 1. The van der Waals surface area contributed by atoms with Crippen LogP contribution in [0.2, 0.25) is 0 Å². The maximum Gasteiger partial charge on any atom is 0.120 e. The van der Waals surface area contributed by atoms with Gasteiger partial charge >= 0.3 is 0 Å². The molecule has 3 aromatic rings. The molecule has 0 saturated heterocycles. The quantitative estimate of drug-likeness (QED) is 0.579. The minimum Gasteiger partial charge on any atom is -0.491 e. The first-order chi connectivity index (χ1) is 10.7. The number of hydrogen-bond acceptors (Lipinski definition) is 3. The molecule has 2 N–H and O–H groups in total. The lowest BCUT2D eigenvalue weighted by Gasteiger charge is -2.09. The smallest absolute Gasteiger partial charge is 0.120 e. The minimum absolute atomic E-state index is 0.547. The summed E-state index contributed by atoms with van der Waals surface area (Å²) in [5.74, 6) is 0.847. The number of methoxy groups -OCH3 is 1. The Morgan fingerprint density at radius 2 is 1.91 bits per heavy atom. The molecule has 4 heteroatoms. The second-order valence-corrected chi connectivity index (χ2v) is 5.28. The van der Waals surface area contributed by atoms with Gasteiger partial charge in [-0.15, -0.1) is 0 Å². The molecule has 0 aliphatic heterocycles. The summed E-state index contributed by atoms with van der Waals surface area (Å²) in [6, 6.07) is 16.2. The SMILES string of the molecule is COCCOc1cccc(-c2cc3cc(N)ccc3n2C)c1. The van der Waals surface area contributed by atoms with Crippen molar-refractivity contribution in [2.45, 2.75) is 0 Å². The number of benzene rings is 2. The Balaban J connectivity index is 1.97. The summed E-state index contributed by atoms with van der Waals surface area (Å²) >= 11 is 0. The summed E-state index contributed by atoms with van der Waals surface area (Å²) in [6.45, 7) is 1.13. The molecular formula is C18H20N2O2. The van der Waals surface area contributed by atoms with Gasteiger partial charge in [0.15, 0.2) is 0 Å². The van der Waals surface area contributed by atoms with Crippen LogP contribution in [0.1, 0.15) is 0 Å². The number of ether oxygens (including phenoxy) is 2. The standard InChI is InChI=1S/C18H20N2O2/c1-20-17-7-6-15(19)10-14(17)12-18(20)13-4-3-5-16(11-13)22-9-8-21-2/h3-7,10-12H,8-9,19H2,1-2H3. The first-order valence-corrected chi connectivity index (χ1v) is 7.26. The van der Waals surface area contributed by atoms with E-state index in [1.54, 1.807) is 7.11 Å². The lowest BCUT2D eigenvalue weighted by Crippen LogP contribution is -2.04. The maximum absolute atomic E-state index is 5.87. The Bertz CT molecular complexity index is 793. The van der Waals surface area contributed by atoms with Crippen LogP contribution in [0.4, 0.5) is 5.69 Å². The van der Waals surface area contributed by atoms with Crippen molar-refractivity contribution in [2.75, 3.05) is 26.1 Å². The number of anilines is 1. The van der Waals surface area contributed by atoms with Crippen molar-refractivity contribution in [1.82, 2.24) is 4.57 Å². The fourth-order valence-corrected chi connectivity index (χ4v) is 2.63. The Kier molecular flexibility index (Phi) is 4.02. The van der Waals surface area contributed by atoms with Crippen molar-refractivity contribution in [3.05, 3.63) is 48.5 Å². The zero-order valence-electron chi connectivity index (χ0n) is 12.9. The van der Waals surface area contributed by atoms with Crippen LogP contribution in [0.15, 0.2) is 48.5 Å². The molecule has 114 valence electrons. The second kappa shape index (κ2) is 6.12. The van der Waals surface area contributed by atoms with Crippen molar-refractivity contribution in [3.8, 4) is 17.0 Å². The fourth-order valence-electron chi connectivity index (χ4n) is 2.63. The van der Waals surface area contributed by atoms with E-state index in [1.807, 2.05) is 36.4 Å². The fraction of sp³-hybridized carbons (Fsp3) is 0.222. The van der Waals surface area contributed by atoms with Crippen LogP contribution < -0.4 is 10.5 Å². The molecule has 0 aliphatic carbocycles. The van der Waals surface area contributed by atoms with Gasteiger partial charge < -0.3 is 19.8 Å². The number of nitrogens with two attached hydrogens (primary N) is 1. The van der Waals surface area contributed by atoms with E-state index in [9.17, 15) is 0 Å². The van der Waals surface area contributed by atoms with Crippen molar-refractivity contribution >= 4 is 16.6 Å². The topological polar surface area (TPSA) is 49.4 Å². The van der Waals surface area contributed by atoms with E-state index in [0.29, 0.717) is 13.2 Å². The van der Waals surface area contributed by atoms with Crippen LogP contribution in [-0.2, 0) is 11.8 Å². The molecule has 3 rings (SSSR count). The predicted octanol–water partition coefficient (Wildman–Crippen LogP) is 3.45. The van der Waals surface area contributed by atoms with Gasteiger partial charge in [0.25, 0.3) is 0 Å². The zero-order chi connectivity index (χ0) is 15.5. The van der Waals surface area contributed by atoms with E-state index in [4.69, 9.17) is 15.2 Å². The molecule has 0 fully saturated rings. The van der Waals surface area contributed by atoms with Crippen LogP contribution in [0.3, 0.4) is 0 Å². The Morgan fingerprint density at radius 1 is 1.05 bits per heavy atom.